The highest BCUT2D eigenvalue weighted by atomic mass is 16.5. The number of fused-ring (bicyclic) bond motifs is 1. The fourth-order valence-corrected chi connectivity index (χ4v) is 2.86. The molecule has 1 aromatic carbocycles. The first-order valence-corrected chi connectivity index (χ1v) is 8.10. The number of methoxy groups -OCH3 is 1. The molecule has 0 radical (unpaired) electrons. The molecule has 0 atom stereocenters. The van der Waals surface area contributed by atoms with Gasteiger partial charge in [0.1, 0.15) is 22.9 Å². The lowest BCUT2D eigenvalue weighted by Gasteiger charge is -2.10. The monoisotopic (exact) mass is 321 g/mol. The third kappa shape index (κ3) is 2.52. The van der Waals surface area contributed by atoms with E-state index in [1.54, 1.807) is 7.11 Å². The summed E-state index contributed by atoms with van der Waals surface area (Å²) in [4.78, 5) is 17.1. The predicted octanol–water partition coefficient (Wildman–Crippen LogP) is 3.67. The highest BCUT2D eigenvalue weighted by molar-refractivity contribution is 5.97. The molecule has 0 spiro atoms. The Bertz CT molecular complexity index is 926. The van der Waals surface area contributed by atoms with Gasteiger partial charge in [0.25, 0.3) is 0 Å². The summed E-state index contributed by atoms with van der Waals surface area (Å²) in [5.41, 5.74) is 3.53. The van der Waals surface area contributed by atoms with Crippen LogP contribution in [0.3, 0.4) is 0 Å². The zero-order chi connectivity index (χ0) is 16.7. The number of carbonyl (C=O) groups is 1. The SMILES string of the molecule is COc1ccccc1-c1nc2cc(C)ccn2c1NC(=O)C1CC1. The molecule has 0 unspecified atom stereocenters. The summed E-state index contributed by atoms with van der Waals surface area (Å²) in [5.74, 6) is 1.63. The first kappa shape index (κ1) is 14.8. The van der Waals surface area contributed by atoms with Gasteiger partial charge in [-0.05, 0) is 49.6 Å². The van der Waals surface area contributed by atoms with Crippen LogP contribution in [-0.4, -0.2) is 22.4 Å². The molecule has 1 aliphatic carbocycles. The molecule has 5 nitrogen and oxygen atoms in total. The molecule has 1 saturated carbocycles. The number of amides is 1. The van der Waals surface area contributed by atoms with Crippen LogP contribution < -0.4 is 10.1 Å². The van der Waals surface area contributed by atoms with Gasteiger partial charge >= 0.3 is 0 Å². The minimum Gasteiger partial charge on any atom is -0.496 e. The van der Waals surface area contributed by atoms with Gasteiger partial charge in [0.05, 0.1) is 7.11 Å². The maximum Gasteiger partial charge on any atom is 0.228 e. The molecule has 1 fully saturated rings. The number of rotatable bonds is 4. The molecule has 4 rings (SSSR count). The Kier molecular flexibility index (Phi) is 3.49. The smallest absolute Gasteiger partial charge is 0.228 e. The number of carbonyl (C=O) groups excluding carboxylic acids is 1. The van der Waals surface area contributed by atoms with Crippen molar-refractivity contribution in [3.05, 3.63) is 48.2 Å². The quantitative estimate of drug-likeness (QED) is 0.798. The largest absolute Gasteiger partial charge is 0.496 e. The number of ether oxygens (including phenoxy) is 1. The van der Waals surface area contributed by atoms with Crippen LogP contribution >= 0.6 is 0 Å². The van der Waals surface area contributed by atoms with Gasteiger partial charge in [-0.2, -0.15) is 0 Å². The normalized spacial score (nSPS) is 13.9. The van der Waals surface area contributed by atoms with Gasteiger partial charge in [0.15, 0.2) is 0 Å². The van der Waals surface area contributed by atoms with Crippen molar-refractivity contribution < 1.29 is 9.53 Å². The summed E-state index contributed by atoms with van der Waals surface area (Å²) in [6, 6.07) is 11.7. The standard InChI is InChI=1S/C19H19N3O2/c1-12-9-10-22-16(11-12)20-17(14-5-3-4-6-15(14)24-2)18(22)21-19(23)13-7-8-13/h3-6,9-11,13H,7-8H2,1-2H3,(H,21,23). The van der Waals surface area contributed by atoms with Gasteiger partial charge in [0, 0.05) is 17.7 Å². The Morgan fingerprint density at radius 1 is 1.29 bits per heavy atom. The maximum absolute atomic E-state index is 12.3. The number of imidazole rings is 1. The van der Waals surface area contributed by atoms with E-state index >= 15 is 0 Å². The number of para-hydroxylation sites is 1. The van der Waals surface area contributed by atoms with Gasteiger partial charge < -0.3 is 10.1 Å². The van der Waals surface area contributed by atoms with E-state index in [4.69, 9.17) is 9.72 Å². The Morgan fingerprint density at radius 2 is 2.08 bits per heavy atom. The molecular weight excluding hydrogens is 302 g/mol. The Morgan fingerprint density at radius 3 is 2.83 bits per heavy atom. The molecular formula is C19H19N3O2. The van der Waals surface area contributed by atoms with Crippen molar-refractivity contribution >= 4 is 17.4 Å². The summed E-state index contributed by atoms with van der Waals surface area (Å²) in [7, 11) is 1.64. The Labute approximate surface area is 140 Å². The number of aromatic nitrogens is 2. The topological polar surface area (TPSA) is 55.6 Å². The number of hydrogen-bond acceptors (Lipinski definition) is 3. The van der Waals surface area contributed by atoms with E-state index in [1.807, 2.05) is 53.9 Å². The molecule has 122 valence electrons. The van der Waals surface area contributed by atoms with E-state index in [0.29, 0.717) is 5.82 Å². The molecule has 3 aromatic rings. The van der Waals surface area contributed by atoms with E-state index in [2.05, 4.69) is 5.32 Å². The third-order valence-corrected chi connectivity index (χ3v) is 4.33. The lowest BCUT2D eigenvalue weighted by Crippen LogP contribution is -2.15. The fraction of sp³-hybridized carbons (Fsp3) is 0.263. The number of benzene rings is 1. The molecule has 2 heterocycles. The van der Waals surface area contributed by atoms with Crippen molar-refractivity contribution in [3.8, 4) is 17.0 Å². The van der Waals surface area contributed by atoms with Crippen molar-refractivity contribution in [1.29, 1.82) is 0 Å². The fourth-order valence-electron chi connectivity index (χ4n) is 2.86. The zero-order valence-corrected chi connectivity index (χ0v) is 13.7. The molecule has 1 amide bonds. The molecule has 1 N–H and O–H groups in total. The Hall–Kier alpha value is -2.82. The first-order chi connectivity index (χ1) is 11.7. The van der Waals surface area contributed by atoms with E-state index in [-0.39, 0.29) is 11.8 Å². The van der Waals surface area contributed by atoms with Crippen LogP contribution in [-0.2, 0) is 4.79 Å². The lowest BCUT2D eigenvalue weighted by atomic mass is 10.1. The molecule has 1 aliphatic rings. The summed E-state index contributed by atoms with van der Waals surface area (Å²) in [5, 5.41) is 3.07. The number of aryl methyl sites for hydroxylation is 1. The van der Waals surface area contributed by atoms with E-state index in [0.717, 1.165) is 41.1 Å². The number of anilines is 1. The first-order valence-electron chi connectivity index (χ1n) is 8.10. The third-order valence-electron chi connectivity index (χ3n) is 4.33. The van der Waals surface area contributed by atoms with E-state index < -0.39 is 0 Å². The van der Waals surface area contributed by atoms with Crippen LogP contribution in [0.15, 0.2) is 42.6 Å². The summed E-state index contributed by atoms with van der Waals surface area (Å²) >= 11 is 0. The van der Waals surface area contributed by atoms with Crippen LogP contribution in [0.2, 0.25) is 0 Å². The summed E-state index contributed by atoms with van der Waals surface area (Å²) < 4.78 is 7.40. The molecule has 0 saturated heterocycles. The van der Waals surface area contributed by atoms with Crippen molar-refractivity contribution in [1.82, 2.24) is 9.38 Å². The van der Waals surface area contributed by atoms with Crippen LogP contribution in [0, 0.1) is 12.8 Å². The van der Waals surface area contributed by atoms with Gasteiger partial charge in [-0.3, -0.25) is 9.20 Å². The molecule has 5 heteroatoms. The van der Waals surface area contributed by atoms with Crippen LogP contribution in [0.25, 0.3) is 16.9 Å². The van der Waals surface area contributed by atoms with Crippen molar-refractivity contribution in [3.63, 3.8) is 0 Å². The second-order valence-electron chi connectivity index (χ2n) is 6.21. The number of nitrogens with zero attached hydrogens (tertiary/aromatic N) is 2. The highest BCUT2D eigenvalue weighted by Crippen LogP contribution is 2.37. The maximum atomic E-state index is 12.3. The zero-order valence-electron chi connectivity index (χ0n) is 13.7. The lowest BCUT2D eigenvalue weighted by molar-refractivity contribution is -0.117. The van der Waals surface area contributed by atoms with E-state index in [1.165, 1.54) is 0 Å². The van der Waals surface area contributed by atoms with Crippen molar-refractivity contribution in [2.45, 2.75) is 19.8 Å². The van der Waals surface area contributed by atoms with Gasteiger partial charge in [0.2, 0.25) is 5.91 Å². The van der Waals surface area contributed by atoms with E-state index in [9.17, 15) is 4.79 Å². The van der Waals surface area contributed by atoms with Gasteiger partial charge in [-0.25, -0.2) is 4.98 Å². The summed E-state index contributed by atoms with van der Waals surface area (Å²) in [6.45, 7) is 2.03. The summed E-state index contributed by atoms with van der Waals surface area (Å²) in [6.07, 6.45) is 3.87. The minimum absolute atomic E-state index is 0.0634. The van der Waals surface area contributed by atoms with Gasteiger partial charge in [-0.15, -0.1) is 0 Å². The van der Waals surface area contributed by atoms with Crippen LogP contribution in [0.5, 0.6) is 5.75 Å². The molecule has 0 aliphatic heterocycles. The van der Waals surface area contributed by atoms with Crippen LogP contribution in [0.4, 0.5) is 5.82 Å². The Balaban J connectivity index is 1.90. The second-order valence-corrected chi connectivity index (χ2v) is 6.21. The number of hydrogen-bond donors (Lipinski definition) is 1. The highest BCUT2D eigenvalue weighted by Gasteiger charge is 2.31. The molecule has 0 bridgehead atoms. The number of nitrogens with one attached hydrogen (secondary N) is 1. The van der Waals surface area contributed by atoms with Crippen molar-refractivity contribution in [2.75, 3.05) is 12.4 Å². The average molecular weight is 321 g/mol. The molecule has 2 aromatic heterocycles. The van der Waals surface area contributed by atoms with Gasteiger partial charge in [-0.1, -0.05) is 12.1 Å². The molecule has 24 heavy (non-hydrogen) atoms. The second kappa shape index (κ2) is 5.67. The predicted molar refractivity (Wildman–Crippen MR) is 93.3 cm³/mol. The van der Waals surface area contributed by atoms with Crippen LogP contribution in [0.1, 0.15) is 18.4 Å². The number of pyridine rings is 1. The minimum atomic E-state index is 0.0634. The average Bonchev–Trinajstić information content (AvgIpc) is 3.39. The van der Waals surface area contributed by atoms with Crippen molar-refractivity contribution in [2.24, 2.45) is 5.92 Å².